The molecule has 2 rings (SSSR count). The molecule has 4 heteroatoms. The highest BCUT2D eigenvalue weighted by atomic mass is 19.4. The maximum absolute atomic E-state index is 13.0. The minimum absolute atomic E-state index is 0.0463. The fourth-order valence-corrected chi connectivity index (χ4v) is 2.51. The van der Waals surface area contributed by atoms with Gasteiger partial charge in [0.05, 0.1) is 5.56 Å². The molecule has 0 spiro atoms. The summed E-state index contributed by atoms with van der Waals surface area (Å²) in [5.41, 5.74) is 0.433. The molecule has 0 radical (unpaired) electrons. The molecule has 1 heterocycles. The summed E-state index contributed by atoms with van der Waals surface area (Å²) in [4.78, 5) is 4.12. The first-order chi connectivity index (χ1) is 8.02. The Hall–Kier alpha value is -1.06. The van der Waals surface area contributed by atoms with Gasteiger partial charge in [-0.2, -0.15) is 13.2 Å². The van der Waals surface area contributed by atoms with E-state index in [9.17, 15) is 13.2 Å². The first-order valence-electron chi connectivity index (χ1n) is 6.08. The topological polar surface area (TPSA) is 12.9 Å². The molecule has 1 fully saturated rings. The summed E-state index contributed by atoms with van der Waals surface area (Å²) in [7, 11) is 0. The van der Waals surface area contributed by atoms with Crippen molar-refractivity contribution in [3.8, 4) is 0 Å². The third kappa shape index (κ3) is 2.61. The van der Waals surface area contributed by atoms with Gasteiger partial charge >= 0.3 is 6.18 Å². The third-order valence-corrected chi connectivity index (χ3v) is 3.45. The third-order valence-electron chi connectivity index (χ3n) is 3.45. The largest absolute Gasteiger partial charge is 0.416 e. The van der Waals surface area contributed by atoms with Crippen LogP contribution in [0.1, 0.15) is 55.3 Å². The van der Waals surface area contributed by atoms with E-state index in [1.807, 2.05) is 6.92 Å². The van der Waals surface area contributed by atoms with Crippen LogP contribution in [0.5, 0.6) is 0 Å². The summed E-state index contributed by atoms with van der Waals surface area (Å²) in [5, 5.41) is 0. The number of rotatable bonds is 2. The van der Waals surface area contributed by atoms with E-state index in [0.717, 1.165) is 25.7 Å². The number of aromatic nitrogens is 1. The van der Waals surface area contributed by atoms with Crippen LogP contribution in [-0.2, 0) is 12.6 Å². The summed E-state index contributed by atoms with van der Waals surface area (Å²) in [6.45, 7) is 1.82. The smallest absolute Gasteiger partial charge is 0.261 e. The van der Waals surface area contributed by atoms with Gasteiger partial charge in [-0.25, -0.2) is 0 Å². The summed E-state index contributed by atoms with van der Waals surface area (Å²) in [5.74, 6) is 0.0463. The van der Waals surface area contributed by atoms with Crippen LogP contribution in [0.15, 0.2) is 12.3 Å². The van der Waals surface area contributed by atoms with Gasteiger partial charge in [0.2, 0.25) is 0 Å². The van der Waals surface area contributed by atoms with Crippen LogP contribution in [0, 0.1) is 0 Å². The molecule has 0 atom stereocenters. The molecule has 0 N–H and O–H groups in total. The average Bonchev–Trinajstić information content (AvgIpc) is 2.80. The Balaban J connectivity index is 2.42. The first-order valence-corrected chi connectivity index (χ1v) is 6.08. The van der Waals surface area contributed by atoms with E-state index in [1.165, 1.54) is 12.3 Å². The molecule has 1 aliphatic rings. The van der Waals surface area contributed by atoms with E-state index in [1.54, 1.807) is 0 Å². The molecule has 0 aliphatic heterocycles. The number of hydrogen-bond donors (Lipinski definition) is 0. The van der Waals surface area contributed by atoms with Crippen molar-refractivity contribution in [3.63, 3.8) is 0 Å². The second-order valence-electron chi connectivity index (χ2n) is 4.60. The fraction of sp³-hybridized carbons (Fsp3) is 0.615. The SMILES string of the molecule is CCc1cc(C(F)(F)F)c(C2CCCC2)cn1. The molecule has 1 nitrogen and oxygen atoms in total. The predicted octanol–water partition coefficient (Wildman–Crippen LogP) is 4.32. The minimum Gasteiger partial charge on any atom is -0.261 e. The predicted molar refractivity (Wildman–Crippen MR) is 59.8 cm³/mol. The number of halogens is 3. The van der Waals surface area contributed by atoms with E-state index in [2.05, 4.69) is 4.98 Å². The Morgan fingerprint density at radius 3 is 2.47 bits per heavy atom. The van der Waals surface area contributed by atoms with E-state index in [0.29, 0.717) is 17.7 Å². The Morgan fingerprint density at radius 2 is 1.94 bits per heavy atom. The maximum Gasteiger partial charge on any atom is 0.416 e. The molecule has 0 aromatic carbocycles. The molecule has 0 unspecified atom stereocenters. The van der Waals surface area contributed by atoms with Crippen molar-refractivity contribution in [2.24, 2.45) is 0 Å². The van der Waals surface area contributed by atoms with Crippen LogP contribution in [0.25, 0.3) is 0 Å². The summed E-state index contributed by atoms with van der Waals surface area (Å²) < 4.78 is 39.0. The number of aryl methyl sites for hydroxylation is 1. The Morgan fingerprint density at radius 1 is 1.29 bits per heavy atom. The van der Waals surface area contributed by atoms with Crippen molar-refractivity contribution in [2.75, 3.05) is 0 Å². The van der Waals surface area contributed by atoms with Crippen LogP contribution in [-0.4, -0.2) is 4.98 Å². The Kier molecular flexibility index (Phi) is 3.40. The lowest BCUT2D eigenvalue weighted by atomic mass is 9.93. The molecule has 0 amide bonds. The number of alkyl halides is 3. The zero-order chi connectivity index (χ0) is 12.5. The molecular weight excluding hydrogens is 227 g/mol. The van der Waals surface area contributed by atoms with Crippen LogP contribution >= 0.6 is 0 Å². The van der Waals surface area contributed by atoms with Gasteiger partial charge in [-0.1, -0.05) is 19.8 Å². The van der Waals surface area contributed by atoms with E-state index < -0.39 is 11.7 Å². The maximum atomic E-state index is 13.0. The second kappa shape index (κ2) is 4.67. The summed E-state index contributed by atoms with van der Waals surface area (Å²) >= 11 is 0. The van der Waals surface area contributed by atoms with E-state index in [-0.39, 0.29) is 5.92 Å². The normalized spacial score (nSPS) is 17.6. The standard InChI is InChI=1S/C13H16F3N/c1-2-10-7-12(13(14,15)16)11(8-17-10)9-5-3-4-6-9/h7-9H,2-6H2,1H3. The van der Waals surface area contributed by atoms with Gasteiger partial charge in [-0.15, -0.1) is 0 Å². The van der Waals surface area contributed by atoms with Gasteiger partial charge in [-0.05, 0) is 36.8 Å². The lowest BCUT2D eigenvalue weighted by molar-refractivity contribution is -0.138. The van der Waals surface area contributed by atoms with Gasteiger partial charge in [0, 0.05) is 11.9 Å². The highest BCUT2D eigenvalue weighted by Gasteiger charge is 2.36. The van der Waals surface area contributed by atoms with Gasteiger partial charge in [-0.3, -0.25) is 4.98 Å². The molecule has 17 heavy (non-hydrogen) atoms. The molecule has 0 saturated heterocycles. The lowest BCUT2D eigenvalue weighted by Crippen LogP contribution is -2.12. The van der Waals surface area contributed by atoms with Crippen LogP contribution in [0.3, 0.4) is 0 Å². The van der Waals surface area contributed by atoms with Crippen molar-refractivity contribution < 1.29 is 13.2 Å². The molecule has 94 valence electrons. The summed E-state index contributed by atoms with van der Waals surface area (Å²) in [6.07, 6.45) is 1.48. The average molecular weight is 243 g/mol. The Labute approximate surface area is 99.1 Å². The quantitative estimate of drug-likeness (QED) is 0.753. The van der Waals surface area contributed by atoms with Crippen molar-refractivity contribution in [2.45, 2.75) is 51.1 Å². The van der Waals surface area contributed by atoms with Gasteiger partial charge in [0.25, 0.3) is 0 Å². The lowest BCUT2D eigenvalue weighted by Gasteiger charge is -2.17. The second-order valence-corrected chi connectivity index (χ2v) is 4.60. The van der Waals surface area contributed by atoms with Crippen molar-refractivity contribution in [1.29, 1.82) is 0 Å². The number of nitrogens with zero attached hydrogens (tertiary/aromatic N) is 1. The molecule has 0 bridgehead atoms. The monoisotopic (exact) mass is 243 g/mol. The molecule has 1 aromatic heterocycles. The minimum atomic E-state index is -4.26. The van der Waals surface area contributed by atoms with Crippen LogP contribution in [0.4, 0.5) is 13.2 Å². The molecular formula is C13H16F3N. The highest BCUT2D eigenvalue weighted by Crippen LogP contribution is 2.41. The fourth-order valence-electron chi connectivity index (χ4n) is 2.51. The zero-order valence-electron chi connectivity index (χ0n) is 9.85. The van der Waals surface area contributed by atoms with Gasteiger partial charge < -0.3 is 0 Å². The number of hydrogen-bond acceptors (Lipinski definition) is 1. The Bertz CT molecular complexity index is 392. The van der Waals surface area contributed by atoms with Crippen LogP contribution in [0.2, 0.25) is 0 Å². The van der Waals surface area contributed by atoms with E-state index >= 15 is 0 Å². The number of pyridine rings is 1. The van der Waals surface area contributed by atoms with E-state index in [4.69, 9.17) is 0 Å². The first kappa shape index (κ1) is 12.4. The van der Waals surface area contributed by atoms with Crippen molar-refractivity contribution >= 4 is 0 Å². The molecule has 1 saturated carbocycles. The van der Waals surface area contributed by atoms with Crippen molar-refractivity contribution in [1.82, 2.24) is 4.98 Å². The molecule has 1 aliphatic carbocycles. The van der Waals surface area contributed by atoms with Gasteiger partial charge in [0.15, 0.2) is 0 Å². The highest BCUT2D eigenvalue weighted by molar-refractivity contribution is 5.33. The molecule has 1 aromatic rings. The van der Waals surface area contributed by atoms with Crippen LogP contribution < -0.4 is 0 Å². The van der Waals surface area contributed by atoms with Crippen molar-refractivity contribution in [3.05, 3.63) is 29.1 Å². The zero-order valence-corrected chi connectivity index (χ0v) is 9.85. The van der Waals surface area contributed by atoms with Gasteiger partial charge in [0.1, 0.15) is 0 Å². The summed E-state index contributed by atoms with van der Waals surface area (Å²) in [6, 6.07) is 1.22.